The fourth-order valence-electron chi connectivity index (χ4n) is 2.93. The Labute approximate surface area is 159 Å². The van der Waals surface area contributed by atoms with E-state index in [9.17, 15) is 4.79 Å². The zero-order valence-corrected chi connectivity index (χ0v) is 16.5. The predicted octanol–water partition coefficient (Wildman–Crippen LogP) is 3.35. The van der Waals surface area contributed by atoms with Crippen LogP contribution in [0.3, 0.4) is 0 Å². The van der Waals surface area contributed by atoms with Crippen LogP contribution < -0.4 is 4.90 Å². The lowest BCUT2D eigenvalue weighted by Crippen LogP contribution is -2.49. The van der Waals surface area contributed by atoms with Crippen LogP contribution in [0, 0.1) is 6.92 Å². The molecule has 1 saturated heterocycles. The highest BCUT2D eigenvalue weighted by molar-refractivity contribution is 8.00. The molecule has 0 radical (unpaired) electrons. The lowest BCUT2D eigenvalue weighted by Gasteiger charge is -2.35. The lowest BCUT2D eigenvalue weighted by atomic mass is 10.2. The Morgan fingerprint density at radius 3 is 2.46 bits per heavy atom. The van der Waals surface area contributed by atoms with E-state index in [2.05, 4.69) is 23.7 Å². The Morgan fingerprint density at radius 1 is 1.12 bits per heavy atom. The van der Waals surface area contributed by atoms with E-state index in [1.807, 2.05) is 48.2 Å². The molecule has 2 aromatic rings. The molecule has 5 nitrogen and oxygen atoms in total. The topological polar surface area (TPSA) is 49.3 Å². The Hall–Kier alpha value is -2.08. The first-order valence-electron chi connectivity index (χ1n) is 9.09. The zero-order chi connectivity index (χ0) is 18.5. The minimum Gasteiger partial charge on any atom is -0.353 e. The van der Waals surface area contributed by atoms with Crippen molar-refractivity contribution in [1.29, 1.82) is 0 Å². The van der Waals surface area contributed by atoms with Crippen LogP contribution >= 0.6 is 11.8 Å². The van der Waals surface area contributed by atoms with Crippen molar-refractivity contribution in [2.75, 3.05) is 36.8 Å². The number of aryl methyl sites for hydroxylation is 1. The molecule has 3 rings (SSSR count). The number of rotatable bonds is 5. The van der Waals surface area contributed by atoms with Crippen molar-refractivity contribution >= 4 is 23.5 Å². The van der Waals surface area contributed by atoms with Crippen LogP contribution in [0.2, 0.25) is 0 Å². The Morgan fingerprint density at radius 2 is 1.81 bits per heavy atom. The third-order valence-electron chi connectivity index (χ3n) is 4.44. The predicted molar refractivity (Wildman–Crippen MR) is 107 cm³/mol. The maximum Gasteiger partial charge on any atom is 0.233 e. The van der Waals surface area contributed by atoms with Crippen LogP contribution in [-0.2, 0) is 4.79 Å². The van der Waals surface area contributed by atoms with Gasteiger partial charge in [0.25, 0.3) is 0 Å². The van der Waals surface area contributed by atoms with Gasteiger partial charge in [0.1, 0.15) is 11.6 Å². The first-order chi connectivity index (χ1) is 12.5. The summed E-state index contributed by atoms with van der Waals surface area (Å²) in [6.45, 7) is 9.35. The average molecular weight is 371 g/mol. The Bertz CT molecular complexity index is 743. The third kappa shape index (κ3) is 4.75. The second kappa shape index (κ2) is 8.54. The minimum atomic E-state index is 0.209. The van der Waals surface area contributed by atoms with Crippen LogP contribution in [0.4, 0.5) is 5.82 Å². The molecule has 1 aliphatic rings. The Kier molecular flexibility index (Phi) is 6.14. The number of carbonyl (C=O) groups excluding carboxylic acids is 1. The molecule has 1 aromatic carbocycles. The van der Waals surface area contributed by atoms with E-state index in [0.29, 0.717) is 11.7 Å². The van der Waals surface area contributed by atoms with E-state index in [1.54, 1.807) is 11.8 Å². The SMILES string of the molecule is Cc1cc(N2CCN(C(=O)CSc3ccccc3)CC2)nc(C(C)C)n1. The van der Waals surface area contributed by atoms with Gasteiger partial charge in [-0.1, -0.05) is 32.0 Å². The van der Waals surface area contributed by atoms with E-state index in [-0.39, 0.29) is 5.91 Å². The van der Waals surface area contributed by atoms with Gasteiger partial charge in [-0.2, -0.15) is 0 Å². The number of aromatic nitrogens is 2. The number of thioether (sulfide) groups is 1. The molecule has 1 amide bonds. The van der Waals surface area contributed by atoms with Crippen molar-refractivity contribution in [2.45, 2.75) is 31.6 Å². The molecule has 1 aromatic heterocycles. The summed E-state index contributed by atoms with van der Waals surface area (Å²) < 4.78 is 0. The molecule has 1 fully saturated rings. The summed E-state index contributed by atoms with van der Waals surface area (Å²) in [5, 5.41) is 0. The standard InChI is InChI=1S/C20H26N4OS/c1-15(2)20-21-16(3)13-18(22-20)23-9-11-24(12-10-23)19(25)14-26-17-7-5-4-6-8-17/h4-8,13,15H,9-12,14H2,1-3H3. The van der Waals surface area contributed by atoms with Crippen molar-refractivity contribution in [1.82, 2.24) is 14.9 Å². The average Bonchev–Trinajstić information content (AvgIpc) is 2.66. The molecule has 0 aliphatic carbocycles. The quantitative estimate of drug-likeness (QED) is 0.756. The van der Waals surface area contributed by atoms with Gasteiger partial charge in [-0.25, -0.2) is 9.97 Å². The summed E-state index contributed by atoms with van der Waals surface area (Å²) in [4.78, 5) is 27.1. The second-order valence-electron chi connectivity index (χ2n) is 6.85. The number of hydrogen-bond donors (Lipinski definition) is 0. The van der Waals surface area contributed by atoms with Crippen LogP contribution in [0.5, 0.6) is 0 Å². The maximum atomic E-state index is 12.5. The summed E-state index contributed by atoms with van der Waals surface area (Å²) >= 11 is 1.60. The highest BCUT2D eigenvalue weighted by Crippen LogP contribution is 2.20. The minimum absolute atomic E-state index is 0.209. The van der Waals surface area contributed by atoms with E-state index in [0.717, 1.165) is 48.4 Å². The normalized spacial score (nSPS) is 14.8. The van der Waals surface area contributed by atoms with Crippen LogP contribution in [0.15, 0.2) is 41.3 Å². The molecular formula is C20H26N4OS. The Balaban J connectivity index is 1.55. The van der Waals surface area contributed by atoms with E-state index in [1.165, 1.54) is 0 Å². The fourth-order valence-corrected chi connectivity index (χ4v) is 3.75. The molecule has 0 bridgehead atoms. The van der Waals surface area contributed by atoms with Crippen LogP contribution in [0.1, 0.15) is 31.3 Å². The molecule has 1 aliphatic heterocycles. The number of piperazine rings is 1. The number of anilines is 1. The lowest BCUT2D eigenvalue weighted by molar-refractivity contribution is -0.128. The van der Waals surface area contributed by atoms with Crippen molar-refractivity contribution in [2.24, 2.45) is 0 Å². The summed E-state index contributed by atoms with van der Waals surface area (Å²) in [5.74, 6) is 2.88. The maximum absolute atomic E-state index is 12.5. The van der Waals surface area contributed by atoms with Gasteiger partial charge in [0.05, 0.1) is 5.75 Å². The highest BCUT2D eigenvalue weighted by atomic mass is 32.2. The van der Waals surface area contributed by atoms with E-state index < -0.39 is 0 Å². The summed E-state index contributed by atoms with van der Waals surface area (Å²) in [6, 6.07) is 12.1. The van der Waals surface area contributed by atoms with Crippen molar-refractivity contribution in [3.8, 4) is 0 Å². The van der Waals surface area contributed by atoms with Crippen LogP contribution in [0.25, 0.3) is 0 Å². The number of hydrogen-bond acceptors (Lipinski definition) is 5. The number of amides is 1. The zero-order valence-electron chi connectivity index (χ0n) is 15.7. The molecule has 138 valence electrons. The summed E-state index contributed by atoms with van der Waals surface area (Å²) in [7, 11) is 0. The van der Waals surface area contributed by atoms with Gasteiger partial charge in [-0.15, -0.1) is 11.8 Å². The molecule has 0 atom stereocenters. The molecule has 26 heavy (non-hydrogen) atoms. The molecule has 6 heteroatoms. The summed E-state index contributed by atoms with van der Waals surface area (Å²) in [6.07, 6.45) is 0. The first kappa shape index (κ1) is 18.7. The van der Waals surface area contributed by atoms with E-state index >= 15 is 0 Å². The van der Waals surface area contributed by atoms with Gasteiger partial charge in [0, 0.05) is 48.8 Å². The molecule has 2 heterocycles. The van der Waals surface area contributed by atoms with Gasteiger partial charge < -0.3 is 9.80 Å². The van der Waals surface area contributed by atoms with Crippen LogP contribution in [-0.4, -0.2) is 52.7 Å². The number of nitrogens with zero attached hydrogens (tertiary/aromatic N) is 4. The molecular weight excluding hydrogens is 344 g/mol. The molecule has 0 saturated carbocycles. The summed E-state index contributed by atoms with van der Waals surface area (Å²) in [5.41, 5.74) is 0.997. The largest absolute Gasteiger partial charge is 0.353 e. The highest BCUT2D eigenvalue weighted by Gasteiger charge is 2.22. The van der Waals surface area contributed by atoms with Gasteiger partial charge >= 0.3 is 0 Å². The second-order valence-corrected chi connectivity index (χ2v) is 7.90. The number of carbonyl (C=O) groups is 1. The fraction of sp³-hybridized carbons (Fsp3) is 0.450. The van der Waals surface area contributed by atoms with Crippen molar-refractivity contribution in [3.05, 3.63) is 47.9 Å². The van der Waals surface area contributed by atoms with Gasteiger partial charge in [-0.05, 0) is 19.1 Å². The molecule has 0 spiro atoms. The van der Waals surface area contributed by atoms with E-state index in [4.69, 9.17) is 4.98 Å². The third-order valence-corrected chi connectivity index (χ3v) is 5.43. The van der Waals surface area contributed by atoms with Gasteiger partial charge in [0.2, 0.25) is 5.91 Å². The molecule has 0 unspecified atom stereocenters. The van der Waals surface area contributed by atoms with Gasteiger partial charge in [0.15, 0.2) is 0 Å². The first-order valence-corrected chi connectivity index (χ1v) is 10.1. The van der Waals surface area contributed by atoms with Crippen molar-refractivity contribution < 1.29 is 4.79 Å². The van der Waals surface area contributed by atoms with Crippen molar-refractivity contribution in [3.63, 3.8) is 0 Å². The monoisotopic (exact) mass is 370 g/mol. The smallest absolute Gasteiger partial charge is 0.233 e. The number of benzene rings is 1. The molecule has 0 N–H and O–H groups in total. The van der Waals surface area contributed by atoms with Gasteiger partial charge in [-0.3, -0.25) is 4.79 Å².